The van der Waals surface area contributed by atoms with Gasteiger partial charge in [0.25, 0.3) is 0 Å². The molecule has 0 amide bonds. The Balaban J connectivity index is 2.57. The highest BCUT2D eigenvalue weighted by Gasteiger charge is 2.23. The number of methoxy groups -OCH3 is 1. The van der Waals surface area contributed by atoms with Crippen LogP contribution in [-0.4, -0.2) is 13.1 Å². The zero-order valence-electron chi connectivity index (χ0n) is 9.13. The van der Waals surface area contributed by atoms with Crippen LogP contribution in [0.3, 0.4) is 0 Å². The summed E-state index contributed by atoms with van der Waals surface area (Å²) in [6, 6.07) is 3.49. The number of nitrogens with two attached hydrogens (primary N) is 1. The number of halogens is 1. The molecule has 1 aliphatic carbocycles. The number of hydrogen-bond acceptors (Lipinski definition) is 3. The lowest BCUT2D eigenvalue weighted by Gasteiger charge is -2.24. The molecular formula is C12H14ClNO2. The number of esters is 1. The number of benzene rings is 1. The fourth-order valence-electron chi connectivity index (χ4n) is 2.21. The van der Waals surface area contributed by atoms with E-state index in [0.29, 0.717) is 10.6 Å². The Morgan fingerprint density at radius 2 is 2.31 bits per heavy atom. The second-order valence-corrected chi connectivity index (χ2v) is 4.45. The Morgan fingerprint density at radius 1 is 1.56 bits per heavy atom. The van der Waals surface area contributed by atoms with E-state index in [1.165, 1.54) is 7.11 Å². The van der Waals surface area contributed by atoms with Gasteiger partial charge in [-0.15, -0.1) is 0 Å². The molecule has 1 atom stereocenters. The highest BCUT2D eigenvalue weighted by Crippen LogP contribution is 2.33. The predicted octanol–water partition coefficient (Wildman–Crippen LogP) is 2.46. The van der Waals surface area contributed by atoms with E-state index in [9.17, 15) is 4.79 Å². The minimum atomic E-state index is -0.340. The molecule has 0 spiro atoms. The lowest BCUT2D eigenvalue weighted by molar-refractivity contribution is 0.0599. The summed E-state index contributed by atoms with van der Waals surface area (Å²) in [6.07, 6.45) is 2.80. The van der Waals surface area contributed by atoms with Crippen molar-refractivity contribution < 1.29 is 9.53 Å². The van der Waals surface area contributed by atoms with E-state index in [-0.39, 0.29) is 12.0 Å². The standard InChI is InChI=1S/C12H14ClNO2/c1-16-12(15)10-6-7(13)5-9-8(10)3-2-4-11(9)14/h5-6,11H,2-4,14H2,1H3/t11-/m0/s1. The molecule has 0 unspecified atom stereocenters. The van der Waals surface area contributed by atoms with Crippen molar-refractivity contribution in [3.63, 3.8) is 0 Å². The van der Waals surface area contributed by atoms with Crippen molar-refractivity contribution in [3.05, 3.63) is 33.8 Å². The molecule has 0 radical (unpaired) electrons. The molecule has 3 nitrogen and oxygen atoms in total. The Hall–Kier alpha value is -1.06. The number of carbonyl (C=O) groups is 1. The third-order valence-electron chi connectivity index (χ3n) is 3.00. The van der Waals surface area contributed by atoms with E-state index in [1.807, 2.05) is 6.07 Å². The quantitative estimate of drug-likeness (QED) is 0.766. The monoisotopic (exact) mass is 239 g/mol. The van der Waals surface area contributed by atoms with Crippen molar-refractivity contribution in [3.8, 4) is 0 Å². The number of fused-ring (bicyclic) bond motifs is 1. The maximum absolute atomic E-state index is 11.6. The molecule has 2 rings (SSSR count). The molecule has 0 heterocycles. The van der Waals surface area contributed by atoms with Crippen LogP contribution in [-0.2, 0) is 11.2 Å². The average molecular weight is 240 g/mol. The second-order valence-electron chi connectivity index (χ2n) is 4.01. The lowest BCUT2D eigenvalue weighted by atomic mass is 9.85. The fourth-order valence-corrected chi connectivity index (χ4v) is 2.44. The summed E-state index contributed by atoms with van der Waals surface area (Å²) in [5.41, 5.74) is 8.55. The molecule has 2 N–H and O–H groups in total. The van der Waals surface area contributed by atoms with E-state index in [0.717, 1.165) is 30.4 Å². The second kappa shape index (κ2) is 4.44. The van der Waals surface area contributed by atoms with Crippen LogP contribution in [0.25, 0.3) is 0 Å². The molecule has 0 saturated carbocycles. The zero-order chi connectivity index (χ0) is 11.7. The molecule has 86 valence electrons. The van der Waals surface area contributed by atoms with Crippen LogP contribution in [0.1, 0.15) is 40.4 Å². The topological polar surface area (TPSA) is 52.3 Å². The number of hydrogen-bond donors (Lipinski definition) is 1. The summed E-state index contributed by atoms with van der Waals surface area (Å²) in [5, 5.41) is 0.538. The van der Waals surface area contributed by atoms with Gasteiger partial charge < -0.3 is 10.5 Å². The van der Waals surface area contributed by atoms with Gasteiger partial charge in [0.15, 0.2) is 0 Å². The first-order valence-corrected chi connectivity index (χ1v) is 5.67. The molecule has 0 saturated heterocycles. The van der Waals surface area contributed by atoms with Gasteiger partial charge in [-0.1, -0.05) is 11.6 Å². The molecule has 16 heavy (non-hydrogen) atoms. The first kappa shape index (κ1) is 11.4. The number of ether oxygens (including phenoxy) is 1. The van der Waals surface area contributed by atoms with Crippen molar-refractivity contribution in [1.82, 2.24) is 0 Å². The van der Waals surface area contributed by atoms with Gasteiger partial charge in [0.1, 0.15) is 0 Å². The van der Waals surface area contributed by atoms with Crippen molar-refractivity contribution in [2.24, 2.45) is 5.73 Å². The minimum Gasteiger partial charge on any atom is -0.465 e. The molecule has 0 aromatic heterocycles. The normalized spacial score (nSPS) is 19.1. The van der Waals surface area contributed by atoms with Gasteiger partial charge in [-0.2, -0.15) is 0 Å². The van der Waals surface area contributed by atoms with Gasteiger partial charge in [0, 0.05) is 11.1 Å². The van der Waals surface area contributed by atoms with Gasteiger partial charge in [0.05, 0.1) is 12.7 Å². The van der Waals surface area contributed by atoms with Crippen LogP contribution in [0.5, 0.6) is 0 Å². The fraction of sp³-hybridized carbons (Fsp3) is 0.417. The SMILES string of the molecule is COC(=O)c1cc(Cl)cc2c1CCC[C@@H]2N. The highest BCUT2D eigenvalue weighted by atomic mass is 35.5. The minimum absolute atomic E-state index is 0.0224. The first-order chi connectivity index (χ1) is 7.63. The van der Waals surface area contributed by atoms with Crippen LogP contribution in [0, 0.1) is 0 Å². The van der Waals surface area contributed by atoms with Crippen molar-refractivity contribution in [1.29, 1.82) is 0 Å². The molecule has 1 aromatic rings. The maximum atomic E-state index is 11.6. The highest BCUT2D eigenvalue weighted by molar-refractivity contribution is 6.31. The van der Waals surface area contributed by atoms with Gasteiger partial charge in [-0.25, -0.2) is 4.79 Å². The van der Waals surface area contributed by atoms with Gasteiger partial charge in [-0.05, 0) is 42.5 Å². The van der Waals surface area contributed by atoms with Gasteiger partial charge in [-0.3, -0.25) is 0 Å². The van der Waals surface area contributed by atoms with E-state index in [4.69, 9.17) is 22.1 Å². The van der Waals surface area contributed by atoms with Crippen molar-refractivity contribution >= 4 is 17.6 Å². The summed E-state index contributed by atoms with van der Waals surface area (Å²) < 4.78 is 4.75. The third-order valence-corrected chi connectivity index (χ3v) is 3.21. The Morgan fingerprint density at radius 3 is 3.00 bits per heavy atom. The van der Waals surface area contributed by atoms with E-state index < -0.39 is 0 Å². The van der Waals surface area contributed by atoms with Crippen LogP contribution < -0.4 is 5.73 Å². The summed E-state index contributed by atoms with van der Waals surface area (Å²) in [7, 11) is 1.37. The van der Waals surface area contributed by atoms with Crippen LogP contribution in [0.4, 0.5) is 0 Å². The van der Waals surface area contributed by atoms with Gasteiger partial charge >= 0.3 is 5.97 Å². The lowest BCUT2D eigenvalue weighted by Crippen LogP contribution is -2.20. The molecule has 1 aromatic carbocycles. The Labute approximate surface area is 99.5 Å². The zero-order valence-corrected chi connectivity index (χ0v) is 9.88. The summed E-state index contributed by atoms with van der Waals surface area (Å²) >= 11 is 5.98. The average Bonchev–Trinajstić information content (AvgIpc) is 2.28. The predicted molar refractivity (Wildman–Crippen MR) is 62.7 cm³/mol. The largest absolute Gasteiger partial charge is 0.465 e. The first-order valence-electron chi connectivity index (χ1n) is 5.29. The van der Waals surface area contributed by atoms with Crippen LogP contribution >= 0.6 is 11.6 Å². The van der Waals surface area contributed by atoms with Crippen LogP contribution in [0.2, 0.25) is 5.02 Å². The summed E-state index contributed by atoms with van der Waals surface area (Å²) in [4.78, 5) is 11.6. The molecule has 1 aliphatic rings. The van der Waals surface area contributed by atoms with E-state index >= 15 is 0 Å². The third kappa shape index (κ3) is 1.93. The van der Waals surface area contributed by atoms with Gasteiger partial charge in [0.2, 0.25) is 0 Å². The summed E-state index contributed by atoms with van der Waals surface area (Å²) in [6.45, 7) is 0. The smallest absolute Gasteiger partial charge is 0.338 e. The summed E-state index contributed by atoms with van der Waals surface area (Å²) in [5.74, 6) is -0.340. The molecular weight excluding hydrogens is 226 g/mol. The van der Waals surface area contributed by atoms with E-state index in [2.05, 4.69) is 0 Å². The maximum Gasteiger partial charge on any atom is 0.338 e. The molecule has 0 bridgehead atoms. The van der Waals surface area contributed by atoms with Crippen LogP contribution in [0.15, 0.2) is 12.1 Å². The molecule has 0 fully saturated rings. The number of rotatable bonds is 1. The van der Waals surface area contributed by atoms with Crippen molar-refractivity contribution in [2.75, 3.05) is 7.11 Å². The Bertz CT molecular complexity index is 431. The molecule has 0 aliphatic heterocycles. The Kier molecular flexibility index (Phi) is 3.17. The number of carbonyl (C=O) groups excluding carboxylic acids is 1. The van der Waals surface area contributed by atoms with E-state index in [1.54, 1.807) is 6.07 Å². The molecule has 4 heteroatoms. The van der Waals surface area contributed by atoms with Crippen molar-refractivity contribution in [2.45, 2.75) is 25.3 Å².